The minimum Gasteiger partial charge on any atom is -0.369 e. The monoisotopic (exact) mass is 391 g/mol. The topological polar surface area (TPSA) is 22.1 Å². The molecule has 0 saturated carbocycles. The van der Waals surface area contributed by atoms with E-state index in [1.807, 2.05) is 18.3 Å². The second kappa shape index (κ2) is 9.18. The molecule has 0 N–H and O–H groups in total. The SMILES string of the molecule is CC(C)(C)C(C=C(c1cccnc1)c1ccc2ccccc2c1)OCC=CCl. The Kier molecular flexibility index (Phi) is 6.66. The average Bonchev–Trinajstić information content (AvgIpc) is 2.70. The lowest BCUT2D eigenvalue weighted by molar-refractivity contribution is 0.0318. The summed E-state index contributed by atoms with van der Waals surface area (Å²) in [6, 6.07) is 19.0. The van der Waals surface area contributed by atoms with Crippen LogP contribution in [0.1, 0.15) is 31.9 Å². The second-order valence-electron chi connectivity index (χ2n) is 7.87. The van der Waals surface area contributed by atoms with Crippen molar-refractivity contribution in [3.63, 3.8) is 0 Å². The molecular formula is C25H26ClNO. The molecule has 3 aromatic rings. The van der Waals surface area contributed by atoms with E-state index in [2.05, 4.69) is 80.4 Å². The Hall–Kier alpha value is -2.42. The van der Waals surface area contributed by atoms with Crippen molar-refractivity contribution >= 4 is 27.9 Å². The first-order chi connectivity index (χ1) is 13.5. The predicted molar refractivity (Wildman–Crippen MR) is 119 cm³/mol. The Morgan fingerprint density at radius 3 is 2.50 bits per heavy atom. The molecule has 2 nitrogen and oxygen atoms in total. The van der Waals surface area contributed by atoms with E-state index < -0.39 is 0 Å². The van der Waals surface area contributed by atoms with Crippen molar-refractivity contribution in [3.05, 3.63) is 95.8 Å². The van der Waals surface area contributed by atoms with Crippen LogP contribution in [0.2, 0.25) is 0 Å². The van der Waals surface area contributed by atoms with Gasteiger partial charge in [0.15, 0.2) is 0 Å². The molecule has 144 valence electrons. The fraction of sp³-hybridized carbons (Fsp3) is 0.240. The smallest absolute Gasteiger partial charge is 0.0817 e. The van der Waals surface area contributed by atoms with Gasteiger partial charge in [0, 0.05) is 23.5 Å². The van der Waals surface area contributed by atoms with E-state index in [0.717, 1.165) is 16.7 Å². The van der Waals surface area contributed by atoms with Crippen molar-refractivity contribution in [1.82, 2.24) is 4.98 Å². The number of aromatic nitrogens is 1. The molecule has 0 aliphatic heterocycles. The van der Waals surface area contributed by atoms with Crippen LogP contribution in [0.4, 0.5) is 0 Å². The molecule has 0 fully saturated rings. The number of nitrogens with zero attached hydrogens (tertiary/aromatic N) is 1. The van der Waals surface area contributed by atoms with Crippen LogP contribution in [0.15, 0.2) is 84.7 Å². The summed E-state index contributed by atoms with van der Waals surface area (Å²) in [6.45, 7) is 7.01. The van der Waals surface area contributed by atoms with Crippen LogP contribution in [-0.4, -0.2) is 17.7 Å². The lowest BCUT2D eigenvalue weighted by Crippen LogP contribution is -2.28. The fourth-order valence-corrected chi connectivity index (χ4v) is 3.21. The number of rotatable bonds is 6. The van der Waals surface area contributed by atoms with Gasteiger partial charge in [0.25, 0.3) is 0 Å². The van der Waals surface area contributed by atoms with Crippen LogP contribution in [0.25, 0.3) is 16.3 Å². The normalized spacial score (nSPS) is 13.9. The Labute approximate surface area is 172 Å². The standard InChI is InChI=1S/C25H26ClNO/c1-25(2,3)24(28-15-7-13-26)17-23(22-10-6-14-27-18-22)21-12-11-19-8-4-5-9-20(19)16-21/h4-14,16-18,24H,15H2,1-3H3. The van der Waals surface area contributed by atoms with Gasteiger partial charge < -0.3 is 4.74 Å². The van der Waals surface area contributed by atoms with Gasteiger partial charge in [0.05, 0.1) is 12.7 Å². The molecule has 0 spiro atoms. The zero-order chi connectivity index (χ0) is 20.0. The van der Waals surface area contributed by atoms with E-state index in [1.54, 1.807) is 6.20 Å². The predicted octanol–water partition coefficient (Wildman–Crippen LogP) is 6.85. The maximum Gasteiger partial charge on any atom is 0.0817 e. The van der Waals surface area contributed by atoms with Gasteiger partial charge in [-0.25, -0.2) is 0 Å². The van der Waals surface area contributed by atoms with Gasteiger partial charge in [0.2, 0.25) is 0 Å². The summed E-state index contributed by atoms with van der Waals surface area (Å²) in [5, 5.41) is 2.45. The number of hydrogen-bond acceptors (Lipinski definition) is 2. The number of hydrogen-bond donors (Lipinski definition) is 0. The molecule has 1 unspecified atom stereocenters. The first-order valence-electron chi connectivity index (χ1n) is 9.47. The summed E-state index contributed by atoms with van der Waals surface area (Å²) in [7, 11) is 0. The van der Waals surface area contributed by atoms with Gasteiger partial charge in [-0.3, -0.25) is 4.98 Å². The molecule has 0 saturated heterocycles. The third-order valence-corrected chi connectivity index (χ3v) is 4.84. The number of benzene rings is 2. The van der Waals surface area contributed by atoms with Gasteiger partial charge in [0.1, 0.15) is 0 Å². The molecule has 0 radical (unpaired) electrons. The maximum absolute atomic E-state index is 6.14. The average molecular weight is 392 g/mol. The quantitative estimate of drug-likeness (QED) is 0.458. The molecule has 1 heterocycles. The van der Waals surface area contributed by atoms with E-state index >= 15 is 0 Å². The van der Waals surface area contributed by atoms with Crippen LogP contribution in [0.3, 0.4) is 0 Å². The summed E-state index contributed by atoms with van der Waals surface area (Å²) in [4.78, 5) is 4.33. The van der Waals surface area contributed by atoms with Crippen LogP contribution in [0.5, 0.6) is 0 Å². The molecule has 2 aromatic carbocycles. The van der Waals surface area contributed by atoms with Crippen LogP contribution < -0.4 is 0 Å². The highest BCUT2D eigenvalue weighted by molar-refractivity contribution is 6.25. The van der Waals surface area contributed by atoms with Crippen molar-refractivity contribution in [3.8, 4) is 0 Å². The van der Waals surface area contributed by atoms with Crippen molar-refractivity contribution < 1.29 is 4.74 Å². The van der Waals surface area contributed by atoms with Crippen LogP contribution >= 0.6 is 11.6 Å². The molecule has 3 heteroatoms. The van der Waals surface area contributed by atoms with Crippen molar-refractivity contribution in [2.24, 2.45) is 5.41 Å². The highest BCUT2D eigenvalue weighted by Gasteiger charge is 2.24. The zero-order valence-electron chi connectivity index (χ0n) is 16.6. The Bertz CT molecular complexity index is 971. The van der Waals surface area contributed by atoms with Gasteiger partial charge in [-0.1, -0.05) is 74.8 Å². The minimum absolute atomic E-state index is 0.0650. The largest absolute Gasteiger partial charge is 0.369 e. The fourth-order valence-electron chi connectivity index (χ4n) is 3.13. The van der Waals surface area contributed by atoms with E-state index in [-0.39, 0.29) is 11.5 Å². The summed E-state index contributed by atoms with van der Waals surface area (Å²) >= 11 is 5.67. The van der Waals surface area contributed by atoms with E-state index in [4.69, 9.17) is 16.3 Å². The molecule has 28 heavy (non-hydrogen) atoms. The number of fused-ring (bicyclic) bond motifs is 1. The number of halogens is 1. The molecule has 1 atom stereocenters. The van der Waals surface area contributed by atoms with Gasteiger partial charge in [-0.15, -0.1) is 0 Å². The van der Waals surface area contributed by atoms with Crippen molar-refractivity contribution in [2.75, 3.05) is 6.61 Å². The zero-order valence-corrected chi connectivity index (χ0v) is 17.4. The van der Waals surface area contributed by atoms with Gasteiger partial charge >= 0.3 is 0 Å². The Balaban J connectivity index is 2.10. The molecular weight excluding hydrogens is 366 g/mol. The van der Waals surface area contributed by atoms with E-state index in [0.29, 0.717) is 6.61 Å². The first kappa shape index (κ1) is 20.3. The molecule has 3 rings (SSSR count). The van der Waals surface area contributed by atoms with E-state index in [9.17, 15) is 0 Å². The first-order valence-corrected chi connectivity index (χ1v) is 9.91. The van der Waals surface area contributed by atoms with Gasteiger partial charge in [-0.05, 0) is 51.6 Å². The summed E-state index contributed by atoms with van der Waals surface area (Å²) in [5.41, 5.74) is 4.77. The minimum atomic E-state index is -0.0814. The molecule has 1 aromatic heterocycles. The van der Waals surface area contributed by atoms with Crippen molar-refractivity contribution in [2.45, 2.75) is 26.9 Å². The summed E-state index contributed by atoms with van der Waals surface area (Å²) in [5.74, 6) is 0. The highest BCUT2D eigenvalue weighted by Crippen LogP contribution is 2.31. The highest BCUT2D eigenvalue weighted by atomic mass is 35.5. The van der Waals surface area contributed by atoms with Crippen LogP contribution in [0, 0.1) is 5.41 Å². The maximum atomic E-state index is 6.14. The summed E-state index contributed by atoms with van der Waals surface area (Å²) in [6.07, 6.45) is 7.64. The summed E-state index contributed by atoms with van der Waals surface area (Å²) < 4.78 is 6.14. The molecule has 0 aliphatic carbocycles. The van der Waals surface area contributed by atoms with E-state index in [1.165, 1.54) is 16.3 Å². The lowest BCUT2D eigenvalue weighted by atomic mass is 9.85. The molecule has 0 amide bonds. The van der Waals surface area contributed by atoms with Crippen molar-refractivity contribution in [1.29, 1.82) is 0 Å². The number of pyridine rings is 1. The lowest BCUT2D eigenvalue weighted by Gasteiger charge is -2.29. The second-order valence-corrected chi connectivity index (χ2v) is 8.12. The Morgan fingerprint density at radius 1 is 1.04 bits per heavy atom. The third kappa shape index (κ3) is 5.09. The van der Waals surface area contributed by atoms with Gasteiger partial charge in [-0.2, -0.15) is 0 Å². The third-order valence-electron chi connectivity index (χ3n) is 4.67. The molecule has 0 aliphatic rings. The Morgan fingerprint density at radius 2 is 1.82 bits per heavy atom. The molecule has 0 bridgehead atoms. The van der Waals surface area contributed by atoms with Crippen LogP contribution in [-0.2, 0) is 4.74 Å². The number of ether oxygens (including phenoxy) is 1.